The number of carbonyl (C=O) groups is 1. The van der Waals surface area contributed by atoms with Gasteiger partial charge in [0.05, 0.1) is 5.56 Å². The highest BCUT2D eigenvalue weighted by atomic mass is 19.1. The van der Waals surface area contributed by atoms with E-state index in [1.54, 1.807) is 30.0 Å². The number of ether oxygens (including phenoxy) is 1. The van der Waals surface area contributed by atoms with Gasteiger partial charge in [-0.1, -0.05) is 29.4 Å². The number of carbonyl (C=O) groups excluding carboxylic acids is 1. The van der Waals surface area contributed by atoms with Crippen molar-refractivity contribution in [2.24, 2.45) is 0 Å². The van der Waals surface area contributed by atoms with Gasteiger partial charge in [0.2, 0.25) is 0 Å². The second kappa shape index (κ2) is 9.26. The fourth-order valence-electron chi connectivity index (χ4n) is 3.59. The third-order valence-corrected chi connectivity index (χ3v) is 5.35. The molecule has 0 N–H and O–H groups in total. The Kier molecular flexibility index (Phi) is 6.27. The summed E-state index contributed by atoms with van der Waals surface area (Å²) in [7, 11) is 0. The molecule has 3 aromatic rings. The molecule has 1 amide bonds. The first-order valence-corrected chi connectivity index (χ1v) is 10.1. The van der Waals surface area contributed by atoms with E-state index in [0.717, 1.165) is 5.56 Å². The van der Waals surface area contributed by atoms with E-state index in [1.165, 1.54) is 24.3 Å². The van der Waals surface area contributed by atoms with Crippen molar-refractivity contribution in [2.45, 2.75) is 20.1 Å². The van der Waals surface area contributed by atoms with Crippen LogP contribution in [0.5, 0.6) is 5.75 Å². The summed E-state index contributed by atoms with van der Waals surface area (Å²) in [5.74, 6) is -0.400. The van der Waals surface area contributed by atoms with Crippen LogP contribution >= 0.6 is 0 Å². The maximum absolute atomic E-state index is 13.8. The van der Waals surface area contributed by atoms with E-state index in [0.29, 0.717) is 44.0 Å². The van der Waals surface area contributed by atoms with Gasteiger partial charge < -0.3 is 14.2 Å². The van der Waals surface area contributed by atoms with Crippen molar-refractivity contribution >= 4 is 5.91 Å². The Morgan fingerprint density at radius 2 is 1.87 bits per heavy atom. The Morgan fingerprint density at radius 1 is 1.10 bits per heavy atom. The quantitative estimate of drug-likeness (QED) is 0.599. The number of piperazine rings is 1. The third kappa shape index (κ3) is 4.91. The van der Waals surface area contributed by atoms with Gasteiger partial charge in [-0.25, -0.2) is 8.78 Å². The number of hydrogen-bond donors (Lipinski definition) is 0. The summed E-state index contributed by atoms with van der Waals surface area (Å²) in [6.07, 6.45) is 0. The predicted molar refractivity (Wildman–Crippen MR) is 110 cm³/mol. The number of nitrogens with zero attached hydrogens (tertiary/aromatic N) is 3. The third-order valence-electron chi connectivity index (χ3n) is 5.35. The van der Waals surface area contributed by atoms with Crippen LogP contribution in [0, 0.1) is 18.6 Å². The lowest BCUT2D eigenvalue weighted by Crippen LogP contribution is -2.48. The highest BCUT2D eigenvalue weighted by molar-refractivity contribution is 5.93. The second-order valence-corrected chi connectivity index (χ2v) is 7.48. The summed E-state index contributed by atoms with van der Waals surface area (Å²) in [5, 5.41) is 3.93. The number of halogens is 2. The average Bonchev–Trinajstić information content (AvgIpc) is 3.13. The highest BCUT2D eigenvalue weighted by Gasteiger charge is 2.28. The zero-order valence-electron chi connectivity index (χ0n) is 17.2. The number of benzene rings is 2. The molecule has 1 saturated heterocycles. The first-order chi connectivity index (χ1) is 15.0. The van der Waals surface area contributed by atoms with Gasteiger partial charge in [0.15, 0.2) is 17.3 Å². The summed E-state index contributed by atoms with van der Waals surface area (Å²) in [5.41, 5.74) is 1.60. The van der Waals surface area contributed by atoms with Crippen LogP contribution in [0.1, 0.15) is 27.4 Å². The molecule has 1 fully saturated rings. The van der Waals surface area contributed by atoms with E-state index in [2.05, 4.69) is 10.1 Å². The minimum atomic E-state index is -0.473. The van der Waals surface area contributed by atoms with E-state index in [4.69, 9.17) is 9.26 Å². The number of amides is 1. The molecular weight excluding hydrogens is 404 g/mol. The summed E-state index contributed by atoms with van der Waals surface area (Å²) in [6.45, 7) is 4.68. The van der Waals surface area contributed by atoms with Crippen LogP contribution < -0.4 is 4.74 Å². The largest absolute Gasteiger partial charge is 0.486 e. The van der Waals surface area contributed by atoms with Gasteiger partial charge in [-0.2, -0.15) is 0 Å². The van der Waals surface area contributed by atoms with E-state index < -0.39 is 5.82 Å². The number of aromatic nitrogens is 1. The smallest absolute Gasteiger partial charge is 0.276 e. The van der Waals surface area contributed by atoms with Crippen LogP contribution in [0.15, 0.2) is 53.1 Å². The molecule has 0 atom stereocenters. The molecule has 0 aliphatic carbocycles. The van der Waals surface area contributed by atoms with Gasteiger partial charge in [-0.15, -0.1) is 0 Å². The van der Waals surface area contributed by atoms with Gasteiger partial charge in [0.1, 0.15) is 18.2 Å². The Morgan fingerprint density at radius 3 is 2.61 bits per heavy atom. The molecule has 1 aliphatic heterocycles. The topological polar surface area (TPSA) is 58.8 Å². The Bertz CT molecular complexity index is 1060. The summed E-state index contributed by atoms with van der Waals surface area (Å²) < 4.78 is 38.0. The van der Waals surface area contributed by atoms with Crippen LogP contribution in [0.3, 0.4) is 0 Å². The van der Waals surface area contributed by atoms with Gasteiger partial charge in [0, 0.05) is 32.7 Å². The molecule has 0 radical (unpaired) electrons. The molecule has 0 spiro atoms. The molecular formula is C23H23F2N3O3. The fraction of sp³-hybridized carbons (Fsp3) is 0.304. The maximum atomic E-state index is 13.8. The van der Waals surface area contributed by atoms with Gasteiger partial charge >= 0.3 is 0 Å². The van der Waals surface area contributed by atoms with E-state index in [9.17, 15) is 13.6 Å². The zero-order valence-corrected chi connectivity index (χ0v) is 17.2. The first kappa shape index (κ1) is 21.0. The maximum Gasteiger partial charge on any atom is 0.276 e. The molecule has 4 rings (SSSR count). The zero-order chi connectivity index (χ0) is 21.8. The van der Waals surface area contributed by atoms with Crippen LogP contribution in [0.2, 0.25) is 0 Å². The van der Waals surface area contributed by atoms with E-state index >= 15 is 0 Å². The molecule has 8 heteroatoms. The van der Waals surface area contributed by atoms with Crippen LogP contribution in [-0.4, -0.2) is 47.0 Å². The summed E-state index contributed by atoms with van der Waals surface area (Å²) in [6, 6.07) is 12.6. The summed E-state index contributed by atoms with van der Waals surface area (Å²) >= 11 is 0. The molecule has 2 aromatic carbocycles. The second-order valence-electron chi connectivity index (χ2n) is 7.48. The van der Waals surface area contributed by atoms with Crippen molar-refractivity contribution in [1.82, 2.24) is 15.0 Å². The number of aryl methyl sites for hydroxylation is 1. The average molecular weight is 427 g/mol. The van der Waals surface area contributed by atoms with E-state index in [-0.39, 0.29) is 29.8 Å². The van der Waals surface area contributed by atoms with Gasteiger partial charge in [-0.3, -0.25) is 9.69 Å². The molecule has 0 saturated carbocycles. The molecule has 1 aliphatic rings. The summed E-state index contributed by atoms with van der Waals surface area (Å²) in [4.78, 5) is 16.9. The normalized spacial score (nSPS) is 14.6. The minimum Gasteiger partial charge on any atom is -0.486 e. The standard InChI is InChI=1S/C23H23F2N3O3/c1-16-19(15-30-21-8-3-2-7-20(21)25)22(26-31-16)23(29)28-11-9-27(10-12-28)14-17-5-4-6-18(24)13-17/h2-8,13H,9-12,14-15H2,1H3. The van der Waals surface area contributed by atoms with Crippen molar-refractivity contribution in [2.75, 3.05) is 26.2 Å². The van der Waals surface area contributed by atoms with Crippen LogP contribution in [0.25, 0.3) is 0 Å². The Hall–Kier alpha value is -3.26. The Labute approximate surface area is 179 Å². The lowest BCUT2D eigenvalue weighted by Gasteiger charge is -2.34. The van der Waals surface area contributed by atoms with Crippen LogP contribution in [0.4, 0.5) is 8.78 Å². The molecule has 6 nitrogen and oxygen atoms in total. The SMILES string of the molecule is Cc1onc(C(=O)N2CCN(Cc3cccc(F)c3)CC2)c1COc1ccccc1F. The molecule has 0 unspecified atom stereocenters. The lowest BCUT2D eigenvalue weighted by atomic mass is 10.1. The van der Waals surface area contributed by atoms with Gasteiger partial charge in [-0.05, 0) is 36.8 Å². The molecule has 1 aromatic heterocycles. The minimum absolute atomic E-state index is 0.0170. The molecule has 162 valence electrons. The highest BCUT2D eigenvalue weighted by Crippen LogP contribution is 2.22. The van der Waals surface area contributed by atoms with E-state index in [1.807, 2.05) is 6.07 Å². The fourth-order valence-corrected chi connectivity index (χ4v) is 3.59. The lowest BCUT2D eigenvalue weighted by molar-refractivity contribution is 0.0616. The monoisotopic (exact) mass is 427 g/mol. The molecule has 31 heavy (non-hydrogen) atoms. The number of para-hydroxylation sites is 1. The van der Waals surface area contributed by atoms with Crippen molar-refractivity contribution in [3.63, 3.8) is 0 Å². The predicted octanol–water partition coefficient (Wildman–Crippen LogP) is 3.80. The molecule has 0 bridgehead atoms. The van der Waals surface area contributed by atoms with Crippen molar-refractivity contribution in [3.8, 4) is 5.75 Å². The van der Waals surface area contributed by atoms with Crippen LogP contribution in [-0.2, 0) is 13.2 Å². The Balaban J connectivity index is 1.37. The number of hydrogen-bond acceptors (Lipinski definition) is 5. The van der Waals surface area contributed by atoms with Gasteiger partial charge in [0.25, 0.3) is 5.91 Å². The number of rotatable bonds is 6. The van der Waals surface area contributed by atoms with Crippen molar-refractivity contribution in [1.29, 1.82) is 0 Å². The first-order valence-electron chi connectivity index (χ1n) is 10.1. The van der Waals surface area contributed by atoms with Crippen molar-refractivity contribution in [3.05, 3.63) is 82.7 Å². The molecule has 2 heterocycles. The van der Waals surface area contributed by atoms with Crippen molar-refractivity contribution < 1.29 is 22.8 Å².